The van der Waals surface area contributed by atoms with Gasteiger partial charge in [0.1, 0.15) is 0 Å². The molecule has 1 unspecified atom stereocenters. The zero-order chi connectivity index (χ0) is 10.7. The van der Waals surface area contributed by atoms with E-state index < -0.39 is 0 Å². The van der Waals surface area contributed by atoms with E-state index in [0.717, 1.165) is 6.42 Å². The van der Waals surface area contributed by atoms with Gasteiger partial charge in [-0.05, 0) is 6.42 Å². The van der Waals surface area contributed by atoms with E-state index in [2.05, 4.69) is 5.32 Å². The number of hydrogen-bond donors (Lipinski definition) is 1. The van der Waals surface area contributed by atoms with Gasteiger partial charge >= 0.3 is 0 Å². The van der Waals surface area contributed by atoms with E-state index in [1.54, 1.807) is 4.90 Å². The minimum atomic E-state index is 0.0122. The van der Waals surface area contributed by atoms with Gasteiger partial charge in [-0.15, -0.1) is 0 Å². The zero-order valence-corrected chi connectivity index (χ0v) is 8.70. The maximum absolute atomic E-state index is 12.0. The van der Waals surface area contributed by atoms with Crippen molar-refractivity contribution in [1.29, 1.82) is 0 Å². The van der Waals surface area contributed by atoms with Crippen LogP contribution in [0.4, 0.5) is 0 Å². The molecular weight excluding hydrogens is 196 g/mol. The van der Waals surface area contributed by atoms with Gasteiger partial charge < -0.3 is 15.0 Å². The summed E-state index contributed by atoms with van der Waals surface area (Å²) in [6.45, 7) is 2.96. The Morgan fingerprint density at radius 2 is 2.33 bits per heavy atom. The third kappa shape index (κ3) is 2.47. The highest BCUT2D eigenvalue weighted by Crippen LogP contribution is 2.16. The second kappa shape index (κ2) is 4.61. The minimum absolute atomic E-state index is 0.0122. The molecule has 5 heteroatoms. The summed E-state index contributed by atoms with van der Waals surface area (Å²) < 4.78 is 5.19. The van der Waals surface area contributed by atoms with Crippen molar-refractivity contribution in [3.8, 4) is 0 Å². The Hall–Kier alpha value is -1.10. The topological polar surface area (TPSA) is 58.6 Å². The van der Waals surface area contributed by atoms with Gasteiger partial charge in [0.15, 0.2) is 0 Å². The monoisotopic (exact) mass is 212 g/mol. The van der Waals surface area contributed by atoms with Gasteiger partial charge in [0, 0.05) is 32.7 Å². The number of nitrogens with zero attached hydrogens (tertiary/aromatic N) is 1. The number of nitrogens with one attached hydrogen (secondary N) is 1. The van der Waals surface area contributed by atoms with Crippen LogP contribution in [0.5, 0.6) is 0 Å². The van der Waals surface area contributed by atoms with Gasteiger partial charge in [0.2, 0.25) is 11.8 Å². The summed E-state index contributed by atoms with van der Waals surface area (Å²) in [5, 5.41) is 2.76. The molecule has 1 N–H and O–H groups in total. The molecular formula is C10H16N2O3. The first-order valence-electron chi connectivity index (χ1n) is 5.40. The van der Waals surface area contributed by atoms with Crippen LogP contribution in [0, 0.1) is 5.92 Å². The van der Waals surface area contributed by atoms with Gasteiger partial charge in [-0.1, -0.05) is 0 Å². The van der Waals surface area contributed by atoms with E-state index in [1.165, 1.54) is 0 Å². The number of hydrogen-bond acceptors (Lipinski definition) is 3. The molecule has 0 aromatic heterocycles. The first kappa shape index (κ1) is 10.4. The summed E-state index contributed by atoms with van der Waals surface area (Å²) in [5.74, 6) is 0.190. The standard InChI is InChI=1S/C10H16N2O3/c13-9-1-4-12(5-3-11-9)10(14)8-2-6-15-7-8/h8H,1-7H2,(H,11,13). The van der Waals surface area contributed by atoms with Crippen LogP contribution in [0.3, 0.4) is 0 Å². The lowest BCUT2D eigenvalue weighted by Crippen LogP contribution is -2.38. The predicted octanol–water partition coefficient (Wildman–Crippen LogP) is -0.629. The van der Waals surface area contributed by atoms with Crippen LogP contribution < -0.4 is 5.32 Å². The molecule has 2 fully saturated rings. The molecule has 84 valence electrons. The zero-order valence-electron chi connectivity index (χ0n) is 8.70. The molecule has 0 aliphatic carbocycles. The largest absolute Gasteiger partial charge is 0.381 e. The third-order valence-corrected chi connectivity index (χ3v) is 2.90. The molecule has 1 atom stereocenters. The van der Waals surface area contributed by atoms with Crippen molar-refractivity contribution in [3.05, 3.63) is 0 Å². The molecule has 2 saturated heterocycles. The third-order valence-electron chi connectivity index (χ3n) is 2.90. The number of rotatable bonds is 1. The van der Waals surface area contributed by atoms with Gasteiger partial charge in [-0.25, -0.2) is 0 Å². The highest BCUT2D eigenvalue weighted by atomic mass is 16.5. The summed E-state index contributed by atoms with van der Waals surface area (Å²) in [4.78, 5) is 24.8. The van der Waals surface area contributed by atoms with Crippen molar-refractivity contribution in [3.63, 3.8) is 0 Å². The van der Waals surface area contributed by atoms with Crippen LogP contribution >= 0.6 is 0 Å². The van der Waals surface area contributed by atoms with Gasteiger partial charge in [-0.3, -0.25) is 9.59 Å². The van der Waals surface area contributed by atoms with Crippen LogP contribution in [0.25, 0.3) is 0 Å². The Morgan fingerprint density at radius 1 is 1.47 bits per heavy atom. The predicted molar refractivity (Wildman–Crippen MR) is 53.1 cm³/mol. The highest BCUT2D eigenvalue weighted by Gasteiger charge is 2.28. The van der Waals surface area contributed by atoms with Crippen molar-refractivity contribution >= 4 is 11.8 Å². The number of amides is 2. The first-order valence-corrected chi connectivity index (χ1v) is 5.40. The lowest BCUT2D eigenvalue weighted by Gasteiger charge is -2.22. The van der Waals surface area contributed by atoms with E-state index in [9.17, 15) is 9.59 Å². The summed E-state index contributed by atoms with van der Waals surface area (Å²) in [6, 6.07) is 0. The fourth-order valence-corrected chi connectivity index (χ4v) is 1.97. The van der Waals surface area contributed by atoms with Crippen molar-refractivity contribution in [2.75, 3.05) is 32.8 Å². The lowest BCUT2D eigenvalue weighted by atomic mass is 10.1. The molecule has 0 spiro atoms. The van der Waals surface area contributed by atoms with Crippen LogP contribution in [-0.4, -0.2) is 49.6 Å². The summed E-state index contributed by atoms with van der Waals surface area (Å²) in [6.07, 6.45) is 1.23. The molecule has 2 heterocycles. The fourth-order valence-electron chi connectivity index (χ4n) is 1.97. The number of carbonyl (C=O) groups is 2. The molecule has 15 heavy (non-hydrogen) atoms. The van der Waals surface area contributed by atoms with E-state index in [1.807, 2.05) is 0 Å². The van der Waals surface area contributed by atoms with E-state index >= 15 is 0 Å². The molecule has 5 nitrogen and oxygen atoms in total. The Bertz CT molecular complexity index is 261. The van der Waals surface area contributed by atoms with Crippen LogP contribution in [0.1, 0.15) is 12.8 Å². The van der Waals surface area contributed by atoms with Crippen LogP contribution in [0.2, 0.25) is 0 Å². The molecule has 2 rings (SSSR count). The molecule has 0 aromatic carbocycles. The Balaban J connectivity index is 1.91. The quantitative estimate of drug-likeness (QED) is 0.629. The maximum Gasteiger partial charge on any atom is 0.228 e. The molecule has 2 amide bonds. The van der Waals surface area contributed by atoms with Crippen LogP contribution in [0.15, 0.2) is 0 Å². The lowest BCUT2D eigenvalue weighted by molar-refractivity contribution is -0.135. The highest BCUT2D eigenvalue weighted by molar-refractivity contribution is 5.81. The average molecular weight is 212 g/mol. The number of carbonyl (C=O) groups excluding carboxylic acids is 2. The number of ether oxygens (including phenoxy) is 1. The van der Waals surface area contributed by atoms with Gasteiger partial charge in [-0.2, -0.15) is 0 Å². The molecule has 2 aliphatic rings. The summed E-state index contributed by atoms with van der Waals surface area (Å²) >= 11 is 0. The summed E-state index contributed by atoms with van der Waals surface area (Å²) in [5.41, 5.74) is 0. The molecule has 0 bridgehead atoms. The SMILES string of the molecule is O=C1CCN(C(=O)C2CCOC2)CCN1. The van der Waals surface area contributed by atoms with E-state index in [-0.39, 0.29) is 17.7 Å². The van der Waals surface area contributed by atoms with Gasteiger partial charge in [0.05, 0.1) is 12.5 Å². The van der Waals surface area contributed by atoms with E-state index in [0.29, 0.717) is 39.3 Å². The van der Waals surface area contributed by atoms with Crippen molar-refractivity contribution in [1.82, 2.24) is 10.2 Å². The minimum Gasteiger partial charge on any atom is -0.381 e. The van der Waals surface area contributed by atoms with Crippen molar-refractivity contribution in [2.45, 2.75) is 12.8 Å². The van der Waals surface area contributed by atoms with Crippen LogP contribution in [-0.2, 0) is 14.3 Å². The molecule has 0 aromatic rings. The van der Waals surface area contributed by atoms with Crippen molar-refractivity contribution in [2.24, 2.45) is 5.92 Å². The second-order valence-electron chi connectivity index (χ2n) is 3.99. The first-order chi connectivity index (χ1) is 7.27. The molecule has 0 saturated carbocycles. The molecule has 0 radical (unpaired) electrons. The van der Waals surface area contributed by atoms with E-state index in [4.69, 9.17) is 4.74 Å². The normalized spacial score (nSPS) is 27.3. The summed E-state index contributed by atoms with van der Waals surface area (Å²) in [7, 11) is 0. The smallest absolute Gasteiger partial charge is 0.228 e. The Kier molecular flexibility index (Phi) is 3.20. The Labute approximate surface area is 88.8 Å². The average Bonchev–Trinajstić information content (AvgIpc) is 2.67. The van der Waals surface area contributed by atoms with Crippen molar-refractivity contribution < 1.29 is 14.3 Å². The fraction of sp³-hybridized carbons (Fsp3) is 0.800. The maximum atomic E-state index is 12.0. The molecule has 2 aliphatic heterocycles. The Morgan fingerprint density at radius 3 is 3.07 bits per heavy atom. The second-order valence-corrected chi connectivity index (χ2v) is 3.99. The van der Waals surface area contributed by atoms with Gasteiger partial charge in [0.25, 0.3) is 0 Å².